The Bertz CT molecular complexity index is 1280. The summed E-state index contributed by atoms with van der Waals surface area (Å²) in [5.74, 6) is -0.118. The summed E-state index contributed by atoms with van der Waals surface area (Å²) >= 11 is 0. The average molecular weight is 532 g/mol. The van der Waals surface area contributed by atoms with Gasteiger partial charge >= 0.3 is 17.3 Å². The van der Waals surface area contributed by atoms with Crippen molar-refractivity contribution in [3.63, 3.8) is 0 Å². The van der Waals surface area contributed by atoms with Gasteiger partial charge in [-0.25, -0.2) is 27.8 Å². The zero-order valence-corrected chi connectivity index (χ0v) is 21.7. The molecule has 1 heterocycles. The van der Waals surface area contributed by atoms with Gasteiger partial charge in [0.2, 0.25) is 0 Å². The maximum atomic E-state index is 12.1. The molecule has 0 atom stereocenters. The van der Waals surface area contributed by atoms with E-state index >= 15 is 0 Å². The van der Waals surface area contributed by atoms with E-state index < -0.39 is 16.2 Å². The Morgan fingerprint density at radius 1 is 1.08 bits per heavy atom. The number of allylic oxidation sites excluding steroid dienone is 1. The Morgan fingerprint density at radius 3 is 2.38 bits per heavy atom. The first kappa shape index (κ1) is 28.4. The number of hydrogen-bond acceptors (Lipinski definition) is 7. The molecule has 10 heteroatoms. The number of anilines is 1. The van der Waals surface area contributed by atoms with E-state index in [1.807, 2.05) is 19.1 Å². The minimum absolute atomic E-state index is 0.302. The molecule has 37 heavy (non-hydrogen) atoms. The maximum Gasteiger partial charge on any atom is 0.363 e. The van der Waals surface area contributed by atoms with Gasteiger partial charge in [0.05, 0.1) is 41.0 Å². The lowest BCUT2D eigenvalue weighted by atomic mass is 9.84. The van der Waals surface area contributed by atoms with Crippen molar-refractivity contribution in [2.45, 2.75) is 40.0 Å². The predicted molar refractivity (Wildman–Crippen MR) is 129 cm³/mol. The number of nitrogens with zero attached hydrogens (tertiary/aromatic N) is 1. The first-order chi connectivity index (χ1) is 17.6. The Kier molecular flexibility index (Phi) is 9.47. The van der Waals surface area contributed by atoms with E-state index in [0.717, 1.165) is 77.0 Å². The fraction of sp³-hybridized carbons (Fsp3) is 0.333. The molecule has 0 amide bonds. The Morgan fingerprint density at radius 2 is 1.76 bits per heavy atom. The minimum Gasteiger partial charge on any atom is -0.501 e. The van der Waals surface area contributed by atoms with Crippen molar-refractivity contribution in [1.29, 1.82) is 0 Å². The highest BCUT2D eigenvalue weighted by molar-refractivity contribution is 6.04. The van der Waals surface area contributed by atoms with Crippen LogP contribution in [0.3, 0.4) is 0 Å². The van der Waals surface area contributed by atoms with Gasteiger partial charge in [-0.1, -0.05) is 18.2 Å². The first-order valence-corrected chi connectivity index (χ1v) is 13.3. The first-order valence-electron chi connectivity index (χ1n) is 12.0. The van der Waals surface area contributed by atoms with Crippen LogP contribution in [0.1, 0.15) is 55.3 Å². The van der Waals surface area contributed by atoms with Gasteiger partial charge in [0, 0.05) is 24.3 Å². The number of aromatic carboxylic acids is 1. The van der Waals surface area contributed by atoms with Crippen molar-refractivity contribution >= 4 is 28.2 Å². The second-order valence-corrected chi connectivity index (χ2v) is 9.07. The van der Waals surface area contributed by atoms with Gasteiger partial charge in [0.1, 0.15) is 0 Å². The molecular formula is C27H30ClNO8. The SMILES string of the molecule is CCOC=C1CCCc2c1[o+]c1cc(N(CC)CC)ccc1c2-c1ccccc1C(=O)O.[O-][Cl+3]([O-])([O-])[O-]. The number of carboxylic acid groups (broad SMARTS) is 1. The lowest BCUT2D eigenvalue weighted by molar-refractivity contribution is -2.00. The molecule has 0 bridgehead atoms. The average Bonchev–Trinajstić information content (AvgIpc) is 2.85. The van der Waals surface area contributed by atoms with Gasteiger partial charge in [0.25, 0.3) is 0 Å². The highest BCUT2D eigenvalue weighted by Crippen LogP contribution is 2.43. The number of carbonyl (C=O) groups is 1. The summed E-state index contributed by atoms with van der Waals surface area (Å²) in [6.45, 7) is 8.62. The quantitative estimate of drug-likeness (QED) is 0.355. The minimum atomic E-state index is -4.94. The lowest BCUT2D eigenvalue weighted by Crippen LogP contribution is -2.68. The second kappa shape index (κ2) is 12.4. The van der Waals surface area contributed by atoms with Gasteiger partial charge in [0.15, 0.2) is 0 Å². The number of benzene rings is 2. The van der Waals surface area contributed by atoms with Gasteiger partial charge < -0.3 is 14.7 Å². The Balaban J connectivity index is 0.000000695. The number of carboxylic acids is 1. The molecule has 3 aromatic rings. The van der Waals surface area contributed by atoms with E-state index in [1.165, 1.54) is 0 Å². The summed E-state index contributed by atoms with van der Waals surface area (Å²) in [7, 11) is -4.94. The number of rotatable bonds is 7. The highest BCUT2D eigenvalue weighted by Gasteiger charge is 2.33. The number of ether oxygens (including phenoxy) is 1. The second-order valence-electron chi connectivity index (χ2n) is 8.32. The zero-order chi connectivity index (χ0) is 27.2. The molecule has 1 N–H and O–H groups in total. The molecule has 1 aliphatic rings. The normalized spacial score (nSPS) is 14.1. The van der Waals surface area contributed by atoms with E-state index in [-0.39, 0.29) is 0 Å². The lowest BCUT2D eigenvalue weighted by Gasteiger charge is -2.21. The molecule has 9 nitrogen and oxygen atoms in total. The molecule has 0 saturated heterocycles. The molecule has 198 valence electrons. The molecule has 0 spiro atoms. The standard InChI is InChI=1S/C27H29NO4.ClHO4/c1-4-28(5-2)19-14-15-22-24(16-19)32-26-18(17-31-6-3)10-9-13-23(26)25(22)20-11-7-8-12-21(20)27(29)30;2-1(3,4)5/h7-8,11-12,14-17H,4-6,9-10,13H2,1-3H3;(H,2,3,4,5). The van der Waals surface area contributed by atoms with Crippen LogP contribution in [0.5, 0.6) is 0 Å². The molecule has 2 aromatic carbocycles. The summed E-state index contributed by atoms with van der Waals surface area (Å²) in [6, 6.07) is 13.5. The zero-order valence-electron chi connectivity index (χ0n) is 21.0. The monoisotopic (exact) mass is 531 g/mol. The van der Waals surface area contributed by atoms with E-state index in [9.17, 15) is 9.90 Å². The molecule has 1 aliphatic carbocycles. The van der Waals surface area contributed by atoms with Crippen LogP contribution < -0.4 is 23.5 Å². The van der Waals surface area contributed by atoms with Crippen LogP contribution in [0.15, 0.2) is 53.1 Å². The maximum absolute atomic E-state index is 12.1. The molecule has 0 aliphatic heterocycles. The Hall–Kier alpha value is -3.21. The largest absolute Gasteiger partial charge is 0.501 e. The Labute approximate surface area is 217 Å². The number of halogens is 1. The molecular weight excluding hydrogens is 502 g/mol. The number of fused-ring (bicyclic) bond motifs is 2. The topological polar surface area (TPSA) is 153 Å². The van der Waals surface area contributed by atoms with Crippen LogP contribution in [0.25, 0.3) is 27.7 Å². The molecule has 1 aromatic heterocycles. The van der Waals surface area contributed by atoms with E-state index in [2.05, 4.69) is 36.9 Å². The van der Waals surface area contributed by atoms with E-state index in [1.54, 1.807) is 18.4 Å². The van der Waals surface area contributed by atoms with Crippen LogP contribution in [0.2, 0.25) is 0 Å². The summed E-state index contributed by atoms with van der Waals surface area (Å²) < 4.78 is 46.1. The van der Waals surface area contributed by atoms with Gasteiger partial charge in [-0.15, -0.1) is 10.2 Å². The van der Waals surface area contributed by atoms with E-state index in [0.29, 0.717) is 12.2 Å². The van der Waals surface area contributed by atoms with Crippen LogP contribution >= 0.6 is 0 Å². The smallest absolute Gasteiger partial charge is 0.363 e. The van der Waals surface area contributed by atoms with Gasteiger partial charge in [-0.3, -0.25) is 0 Å². The third-order valence-corrected chi connectivity index (χ3v) is 6.13. The van der Waals surface area contributed by atoms with Crippen LogP contribution in [0.4, 0.5) is 5.69 Å². The van der Waals surface area contributed by atoms with Crippen molar-refractivity contribution < 1.29 is 47.9 Å². The highest BCUT2D eigenvalue weighted by atomic mass is 35.7. The van der Waals surface area contributed by atoms with E-state index in [4.69, 9.17) is 27.8 Å². The van der Waals surface area contributed by atoms with Crippen molar-refractivity contribution in [2.75, 3.05) is 24.6 Å². The summed E-state index contributed by atoms with van der Waals surface area (Å²) in [6.07, 6.45) is 4.47. The molecule has 4 rings (SSSR count). The van der Waals surface area contributed by atoms with Crippen molar-refractivity contribution in [3.8, 4) is 11.1 Å². The van der Waals surface area contributed by atoms with Crippen molar-refractivity contribution in [2.24, 2.45) is 0 Å². The molecule has 0 unspecified atom stereocenters. The van der Waals surface area contributed by atoms with Crippen LogP contribution in [0, 0.1) is 10.2 Å². The fourth-order valence-corrected chi connectivity index (χ4v) is 4.59. The third kappa shape index (κ3) is 6.97. The van der Waals surface area contributed by atoms with Gasteiger partial charge in [-0.05, 0) is 63.8 Å². The molecule has 0 saturated carbocycles. The molecule has 0 radical (unpaired) electrons. The summed E-state index contributed by atoms with van der Waals surface area (Å²) in [5, 5.41) is 10.8. The summed E-state index contributed by atoms with van der Waals surface area (Å²) in [5.41, 5.74) is 5.91. The van der Waals surface area contributed by atoms with Crippen LogP contribution in [-0.4, -0.2) is 30.8 Å². The van der Waals surface area contributed by atoms with Crippen LogP contribution in [-0.2, 0) is 11.2 Å². The van der Waals surface area contributed by atoms with Gasteiger partial charge in [-0.2, -0.15) is 0 Å². The van der Waals surface area contributed by atoms with Crippen molar-refractivity contribution in [1.82, 2.24) is 0 Å². The summed E-state index contributed by atoms with van der Waals surface area (Å²) in [4.78, 5) is 14.3. The van der Waals surface area contributed by atoms with Crippen molar-refractivity contribution in [3.05, 3.63) is 65.6 Å². The predicted octanol–water partition coefficient (Wildman–Crippen LogP) is 1.88. The third-order valence-electron chi connectivity index (χ3n) is 6.13. The fourth-order valence-electron chi connectivity index (χ4n) is 4.59. The molecule has 0 fully saturated rings. The number of hydrogen-bond donors (Lipinski definition) is 1.